The van der Waals surface area contributed by atoms with Gasteiger partial charge in [0.2, 0.25) is 0 Å². The van der Waals surface area contributed by atoms with Crippen molar-refractivity contribution < 1.29 is 18.0 Å². The number of anilines is 2. The lowest BCUT2D eigenvalue weighted by Gasteiger charge is -2.23. The van der Waals surface area contributed by atoms with Crippen LogP contribution >= 0.6 is 11.3 Å². The van der Waals surface area contributed by atoms with Gasteiger partial charge in [-0.15, -0.1) is 11.3 Å². The SMILES string of the molecule is CCN(c1ccccc1)S(=O)(=O)c1ccc(C(=O)Nc2sc3c(c2C(=O)NC)CCCCC3)cc1. The highest BCUT2D eigenvalue weighted by atomic mass is 32.2. The third-order valence-corrected chi connectivity index (χ3v) is 9.26. The number of nitrogens with zero attached hydrogens (tertiary/aromatic N) is 1. The molecule has 0 aliphatic heterocycles. The van der Waals surface area contributed by atoms with E-state index in [1.165, 1.54) is 39.9 Å². The second kappa shape index (κ2) is 10.6. The van der Waals surface area contributed by atoms with Gasteiger partial charge in [-0.05, 0) is 74.6 Å². The van der Waals surface area contributed by atoms with Crippen LogP contribution in [0, 0.1) is 0 Å². The number of fused-ring (bicyclic) bond motifs is 1. The number of amides is 2. The zero-order valence-corrected chi connectivity index (χ0v) is 21.5. The van der Waals surface area contributed by atoms with Gasteiger partial charge in [-0.1, -0.05) is 24.6 Å². The number of sulfonamides is 1. The molecule has 0 radical (unpaired) electrons. The Hall–Kier alpha value is -3.17. The lowest BCUT2D eigenvalue weighted by molar-refractivity contribution is 0.0963. The van der Waals surface area contributed by atoms with Gasteiger partial charge in [0.1, 0.15) is 5.00 Å². The molecule has 2 amide bonds. The second-order valence-electron chi connectivity index (χ2n) is 8.33. The molecule has 3 aromatic rings. The van der Waals surface area contributed by atoms with Crippen LogP contribution in [-0.2, 0) is 22.9 Å². The lowest BCUT2D eigenvalue weighted by Crippen LogP contribution is -2.30. The number of rotatable bonds is 7. The molecule has 0 fully saturated rings. The molecule has 1 aliphatic rings. The average molecular weight is 512 g/mol. The molecule has 7 nitrogen and oxygen atoms in total. The van der Waals surface area contributed by atoms with Crippen molar-refractivity contribution >= 4 is 43.9 Å². The van der Waals surface area contributed by atoms with E-state index >= 15 is 0 Å². The molecular weight excluding hydrogens is 482 g/mol. The van der Waals surface area contributed by atoms with Crippen molar-refractivity contribution in [1.29, 1.82) is 0 Å². The lowest BCUT2D eigenvalue weighted by atomic mass is 10.0. The summed E-state index contributed by atoms with van der Waals surface area (Å²) in [4.78, 5) is 26.9. The van der Waals surface area contributed by atoms with Gasteiger partial charge >= 0.3 is 0 Å². The van der Waals surface area contributed by atoms with E-state index in [-0.39, 0.29) is 23.3 Å². The Kier molecular flexibility index (Phi) is 7.57. The summed E-state index contributed by atoms with van der Waals surface area (Å²) in [5.41, 5.74) is 2.47. The molecule has 35 heavy (non-hydrogen) atoms. The number of carbonyl (C=O) groups excluding carboxylic acids is 2. The number of benzene rings is 2. The average Bonchev–Trinajstić information content (AvgIpc) is 3.04. The first kappa shape index (κ1) is 24.9. The van der Waals surface area contributed by atoms with E-state index in [2.05, 4.69) is 10.6 Å². The van der Waals surface area contributed by atoms with Crippen LogP contribution < -0.4 is 14.9 Å². The summed E-state index contributed by atoms with van der Waals surface area (Å²) in [6.07, 6.45) is 4.95. The second-order valence-corrected chi connectivity index (χ2v) is 11.3. The summed E-state index contributed by atoms with van der Waals surface area (Å²) in [5, 5.41) is 6.13. The molecule has 0 spiro atoms. The van der Waals surface area contributed by atoms with Crippen LogP contribution in [0.5, 0.6) is 0 Å². The molecule has 0 unspecified atom stereocenters. The molecule has 184 valence electrons. The third-order valence-electron chi connectivity index (χ3n) is 6.14. The normalized spacial score (nSPS) is 13.4. The van der Waals surface area contributed by atoms with Gasteiger partial charge in [0.05, 0.1) is 16.1 Å². The van der Waals surface area contributed by atoms with Gasteiger partial charge in [0, 0.05) is 24.0 Å². The Morgan fingerprint density at radius 3 is 2.29 bits per heavy atom. The third kappa shape index (κ3) is 5.11. The topological polar surface area (TPSA) is 95.6 Å². The van der Waals surface area contributed by atoms with Gasteiger partial charge in [-0.25, -0.2) is 8.42 Å². The predicted molar refractivity (Wildman–Crippen MR) is 140 cm³/mol. The molecule has 0 saturated heterocycles. The van der Waals surface area contributed by atoms with Crippen molar-refractivity contribution in [3.05, 3.63) is 76.2 Å². The molecule has 1 aliphatic carbocycles. The highest BCUT2D eigenvalue weighted by Gasteiger charge is 2.26. The number of aryl methyl sites for hydroxylation is 1. The van der Waals surface area contributed by atoms with E-state index in [9.17, 15) is 18.0 Å². The maximum Gasteiger partial charge on any atom is 0.264 e. The number of thiophene rings is 1. The van der Waals surface area contributed by atoms with E-state index in [1.807, 2.05) is 6.07 Å². The summed E-state index contributed by atoms with van der Waals surface area (Å²) in [5.74, 6) is -0.590. The molecule has 9 heteroatoms. The maximum atomic E-state index is 13.2. The van der Waals surface area contributed by atoms with E-state index in [4.69, 9.17) is 0 Å². The van der Waals surface area contributed by atoms with Crippen molar-refractivity contribution in [2.75, 3.05) is 23.2 Å². The molecule has 4 rings (SSSR count). The molecule has 1 aromatic heterocycles. The predicted octanol–water partition coefficient (Wildman–Crippen LogP) is 4.84. The fourth-order valence-corrected chi connectivity index (χ4v) is 7.12. The summed E-state index contributed by atoms with van der Waals surface area (Å²) in [6, 6.07) is 14.8. The van der Waals surface area contributed by atoms with Gasteiger partial charge in [0.25, 0.3) is 21.8 Å². The Balaban J connectivity index is 1.58. The standard InChI is InChI=1S/C26H29N3O4S2/c1-3-29(19-10-6-4-7-11-19)35(32,33)20-16-14-18(15-17-20)24(30)28-26-23(25(31)27-2)21-12-8-5-9-13-22(21)34-26/h4,6-7,10-11,14-17H,3,5,8-9,12-13H2,1-2H3,(H,27,31)(H,28,30). The minimum absolute atomic E-state index is 0.105. The van der Waals surface area contributed by atoms with Gasteiger partial charge in [-0.3, -0.25) is 13.9 Å². The minimum Gasteiger partial charge on any atom is -0.355 e. The van der Waals surface area contributed by atoms with Crippen LogP contribution in [0.1, 0.15) is 57.3 Å². The van der Waals surface area contributed by atoms with Crippen molar-refractivity contribution in [2.24, 2.45) is 0 Å². The number of hydrogen-bond acceptors (Lipinski definition) is 5. The molecule has 0 saturated carbocycles. The Morgan fingerprint density at radius 2 is 1.63 bits per heavy atom. The summed E-state index contributed by atoms with van der Waals surface area (Å²) >= 11 is 1.46. The fraction of sp³-hybridized carbons (Fsp3) is 0.308. The molecule has 2 aromatic carbocycles. The van der Waals surface area contributed by atoms with Gasteiger partial charge < -0.3 is 10.6 Å². The number of carbonyl (C=O) groups is 2. The zero-order chi connectivity index (χ0) is 25.0. The number of para-hydroxylation sites is 1. The maximum absolute atomic E-state index is 13.2. The number of nitrogens with one attached hydrogen (secondary N) is 2. The summed E-state index contributed by atoms with van der Waals surface area (Å²) in [6.45, 7) is 2.05. The Morgan fingerprint density at radius 1 is 0.943 bits per heavy atom. The highest BCUT2D eigenvalue weighted by Crippen LogP contribution is 2.37. The van der Waals surface area contributed by atoms with Gasteiger partial charge in [0.15, 0.2) is 0 Å². The van der Waals surface area contributed by atoms with Crippen molar-refractivity contribution in [3.63, 3.8) is 0 Å². The van der Waals surface area contributed by atoms with Crippen LogP contribution in [0.25, 0.3) is 0 Å². The van der Waals surface area contributed by atoms with Crippen molar-refractivity contribution in [2.45, 2.75) is 43.9 Å². The fourth-order valence-electron chi connectivity index (χ4n) is 4.36. The first-order valence-electron chi connectivity index (χ1n) is 11.7. The van der Waals surface area contributed by atoms with Gasteiger partial charge in [-0.2, -0.15) is 0 Å². The van der Waals surface area contributed by atoms with Crippen molar-refractivity contribution in [3.8, 4) is 0 Å². The highest BCUT2D eigenvalue weighted by molar-refractivity contribution is 7.92. The molecule has 2 N–H and O–H groups in total. The van der Waals surface area contributed by atoms with Crippen LogP contribution in [0.15, 0.2) is 59.5 Å². The Bertz CT molecular complexity index is 1320. The quantitative estimate of drug-likeness (QED) is 0.444. The molecule has 0 bridgehead atoms. The van der Waals surface area contributed by atoms with Crippen molar-refractivity contribution in [1.82, 2.24) is 5.32 Å². The Labute approximate surface area is 210 Å². The van der Waals surface area contributed by atoms with E-state index in [0.717, 1.165) is 42.5 Å². The minimum atomic E-state index is -3.78. The summed E-state index contributed by atoms with van der Waals surface area (Å²) < 4.78 is 27.8. The van der Waals surface area contributed by atoms with Crippen LogP contribution in [-0.4, -0.2) is 33.8 Å². The first-order chi connectivity index (χ1) is 16.9. The van der Waals surface area contributed by atoms with Crippen LogP contribution in [0.3, 0.4) is 0 Å². The first-order valence-corrected chi connectivity index (χ1v) is 14.0. The number of hydrogen-bond donors (Lipinski definition) is 2. The molecule has 1 heterocycles. The smallest absolute Gasteiger partial charge is 0.264 e. The summed E-state index contributed by atoms with van der Waals surface area (Å²) in [7, 11) is -2.20. The van der Waals surface area contributed by atoms with E-state index in [1.54, 1.807) is 38.2 Å². The molecule has 0 atom stereocenters. The van der Waals surface area contributed by atoms with Crippen LogP contribution in [0.4, 0.5) is 10.7 Å². The largest absolute Gasteiger partial charge is 0.355 e. The van der Waals surface area contributed by atoms with E-state index < -0.39 is 10.0 Å². The zero-order valence-electron chi connectivity index (χ0n) is 19.8. The monoisotopic (exact) mass is 511 g/mol. The van der Waals surface area contributed by atoms with Crippen LogP contribution in [0.2, 0.25) is 0 Å². The van der Waals surface area contributed by atoms with E-state index in [0.29, 0.717) is 21.8 Å². The molecular formula is C26H29N3O4S2.